The molecule has 1 aliphatic heterocycles. The van der Waals surface area contributed by atoms with Crippen molar-refractivity contribution in [3.63, 3.8) is 0 Å². The lowest BCUT2D eigenvalue weighted by molar-refractivity contribution is -0.121. The zero-order valence-electron chi connectivity index (χ0n) is 14.1. The number of aromatic amines is 1. The highest BCUT2D eigenvalue weighted by molar-refractivity contribution is 6.05. The molecule has 9 heteroatoms. The normalized spacial score (nSPS) is 17.2. The van der Waals surface area contributed by atoms with Crippen molar-refractivity contribution < 1.29 is 23.0 Å². The highest BCUT2D eigenvalue weighted by Crippen LogP contribution is 2.53. The van der Waals surface area contributed by atoms with Gasteiger partial charge in [-0.25, -0.2) is 18.6 Å². The Labute approximate surface area is 146 Å². The third-order valence-corrected chi connectivity index (χ3v) is 4.92. The minimum atomic E-state index is -0.990. The molecule has 1 N–H and O–H groups in total. The monoisotopic (exact) mass is 363 g/mol. The standard InChI is InChI=1S/C17H15F2N3O4/c1-25-9-5-10(26-2)12(19)13(11(9)18)22-7-8-6-20-16(24)21-14(8)17(3-4-17)15(22)23/h5-6H,3-4,7H2,1-2H3,(H,20,21,24). The van der Waals surface area contributed by atoms with E-state index in [1.165, 1.54) is 20.4 Å². The molecule has 1 aromatic carbocycles. The minimum absolute atomic E-state index is 0.121. The van der Waals surface area contributed by atoms with Crippen LogP contribution in [0.1, 0.15) is 24.1 Å². The largest absolute Gasteiger partial charge is 0.493 e. The minimum Gasteiger partial charge on any atom is -0.493 e. The summed E-state index contributed by atoms with van der Waals surface area (Å²) in [5.41, 5.74) is -1.03. The number of hydrogen-bond acceptors (Lipinski definition) is 5. The Kier molecular flexibility index (Phi) is 3.50. The van der Waals surface area contributed by atoms with Crippen LogP contribution >= 0.6 is 0 Å². The van der Waals surface area contributed by atoms with Crippen molar-refractivity contribution in [2.24, 2.45) is 0 Å². The van der Waals surface area contributed by atoms with Gasteiger partial charge in [-0.1, -0.05) is 0 Å². The van der Waals surface area contributed by atoms with Crippen molar-refractivity contribution in [2.45, 2.75) is 24.8 Å². The van der Waals surface area contributed by atoms with Crippen LogP contribution in [-0.2, 0) is 16.8 Å². The van der Waals surface area contributed by atoms with E-state index in [0.717, 1.165) is 11.0 Å². The number of fused-ring (bicyclic) bond motifs is 2. The van der Waals surface area contributed by atoms with Gasteiger partial charge in [0.1, 0.15) is 5.69 Å². The molecule has 1 spiro atoms. The van der Waals surface area contributed by atoms with E-state index in [1.54, 1.807) is 0 Å². The molecule has 1 saturated carbocycles. The van der Waals surface area contributed by atoms with Crippen molar-refractivity contribution in [3.8, 4) is 11.5 Å². The quantitative estimate of drug-likeness (QED) is 0.896. The fraction of sp³-hybridized carbons (Fsp3) is 0.353. The second kappa shape index (κ2) is 5.52. The van der Waals surface area contributed by atoms with Gasteiger partial charge in [0.15, 0.2) is 23.1 Å². The first-order valence-corrected chi connectivity index (χ1v) is 7.93. The number of aromatic nitrogens is 2. The molecule has 0 atom stereocenters. The van der Waals surface area contributed by atoms with Gasteiger partial charge >= 0.3 is 5.69 Å². The number of benzene rings is 1. The summed E-state index contributed by atoms with van der Waals surface area (Å²) in [5, 5.41) is 0. The fourth-order valence-corrected chi connectivity index (χ4v) is 3.45. The summed E-state index contributed by atoms with van der Waals surface area (Å²) in [6.07, 6.45) is 2.31. The lowest BCUT2D eigenvalue weighted by Gasteiger charge is -2.34. The summed E-state index contributed by atoms with van der Waals surface area (Å²) in [4.78, 5) is 31.9. The summed E-state index contributed by atoms with van der Waals surface area (Å²) in [7, 11) is 2.48. The van der Waals surface area contributed by atoms with Gasteiger partial charge in [0.05, 0.1) is 26.2 Å². The smallest absolute Gasteiger partial charge is 0.345 e. The van der Waals surface area contributed by atoms with Gasteiger partial charge in [0.25, 0.3) is 0 Å². The van der Waals surface area contributed by atoms with Gasteiger partial charge < -0.3 is 19.4 Å². The number of rotatable bonds is 3. The number of methoxy groups -OCH3 is 2. The highest BCUT2D eigenvalue weighted by Gasteiger charge is 2.58. The van der Waals surface area contributed by atoms with E-state index >= 15 is 0 Å². The summed E-state index contributed by atoms with van der Waals surface area (Å²) in [6, 6.07) is 1.09. The van der Waals surface area contributed by atoms with Gasteiger partial charge in [-0.2, -0.15) is 0 Å². The van der Waals surface area contributed by atoms with Crippen molar-refractivity contribution in [3.05, 3.63) is 45.6 Å². The third-order valence-electron chi connectivity index (χ3n) is 4.92. The molecule has 0 unspecified atom stereocenters. The average Bonchev–Trinajstić information content (AvgIpc) is 3.42. The number of H-pyrrole nitrogens is 1. The number of nitrogens with one attached hydrogen (secondary N) is 1. The van der Waals surface area contributed by atoms with Gasteiger partial charge in [-0.15, -0.1) is 0 Å². The summed E-state index contributed by atoms with van der Waals surface area (Å²) >= 11 is 0. The van der Waals surface area contributed by atoms with Crippen LogP contribution in [0.25, 0.3) is 0 Å². The molecule has 2 aromatic rings. The Balaban J connectivity index is 1.92. The lowest BCUT2D eigenvalue weighted by atomic mass is 9.91. The van der Waals surface area contributed by atoms with Crippen LogP contribution in [0.2, 0.25) is 0 Å². The van der Waals surface area contributed by atoms with E-state index in [-0.39, 0.29) is 18.0 Å². The first-order chi connectivity index (χ1) is 12.4. The third kappa shape index (κ3) is 2.12. The molecule has 7 nitrogen and oxygen atoms in total. The molecule has 26 heavy (non-hydrogen) atoms. The van der Waals surface area contributed by atoms with Crippen LogP contribution < -0.4 is 20.1 Å². The molecule has 0 saturated heterocycles. The number of anilines is 1. The van der Waals surface area contributed by atoms with Crippen molar-refractivity contribution in [1.82, 2.24) is 9.97 Å². The van der Waals surface area contributed by atoms with Crippen molar-refractivity contribution in [2.75, 3.05) is 19.1 Å². The van der Waals surface area contributed by atoms with Crippen LogP contribution in [0, 0.1) is 11.6 Å². The number of carbonyl (C=O) groups excluding carboxylic acids is 1. The van der Waals surface area contributed by atoms with E-state index < -0.39 is 34.3 Å². The van der Waals surface area contributed by atoms with E-state index in [1.807, 2.05) is 0 Å². The van der Waals surface area contributed by atoms with Crippen molar-refractivity contribution >= 4 is 11.6 Å². The van der Waals surface area contributed by atoms with E-state index in [2.05, 4.69) is 9.97 Å². The molecule has 1 amide bonds. The number of ether oxygens (including phenoxy) is 2. The molecule has 1 fully saturated rings. The summed E-state index contributed by atoms with van der Waals surface area (Å²) in [5.74, 6) is -2.92. The predicted molar refractivity (Wildman–Crippen MR) is 86.4 cm³/mol. The molecule has 0 bridgehead atoms. The van der Waals surface area contributed by atoms with Crippen molar-refractivity contribution in [1.29, 1.82) is 0 Å². The number of nitrogens with zero attached hydrogens (tertiary/aromatic N) is 2. The molecule has 1 aromatic heterocycles. The summed E-state index contributed by atoms with van der Waals surface area (Å²) in [6.45, 7) is -0.121. The molecule has 2 heterocycles. The SMILES string of the molecule is COc1cc(OC)c(F)c(N2Cc3cnc(=O)[nH]c3C3(CC3)C2=O)c1F. The maximum absolute atomic E-state index is 14.8. The van der Waals surface area contributed by atoms with Crippen LogP contribution in [-0.4, -0.2) is 30.1 Å². The second-order valence-corrected chi connectivity index (χ2v) is 6.32. The molecular weight excluding hydrogens is 348 g/mol. The average molecular weight is 363 g/mol. The number of carbonyl (C=O) groups is 1. The number of halogens is 2. The molecule has 1 aliphatic carbocycles. The number of amides is 1. The zero-order chi connectivity index (χ0) is 18.6. The molecule has 4 rings (SSSR count). The Bertz CT molecular complexity index is 956. The highest BCUT2D eigenvalue weighted by atomic mass is 19.1. The molecule has 136 valence electrons. The van der Waals surface area contributed by atoms with Gasteiger partial charge in [-0.05, 0) is 12.8 Å². The lowest BCUT2D eigenvalue weighted by Crippen LogP contribution is -2.46. The maximum Gasteiger partial charge on any atom is 0.345 e. The van der Waals surface area contributed by atoms with Crippen LogP contribution in [0.15, 0.2) is 17.1 Å². The Hall–Kier alpha value is -2.97. The molecule has 2 aliphatic rings. The predicted octanol–water partition coefficient (Wildman–Crippen LogP) is 1.64. The van der Waals surface area contributed by atoms with Crippen LogP contribution in [0.4, 0.5) is 14.5 Å². The first kappa shape index (κ1) is 16.5. The zero-order valence-corrected chi connectivity index (χ0v) is 14.1. The summed E-state index contributed by atoms with van der Waals surface area (Å²) < 4.78 is 39.5. The van der Waals surface area contributed by atoms with Gasteiger partial charge in [0.2, 0.25) is 5.91 Å². The maximum atomic E-state index is 14.8. The fourth-order valence-electron chi connectivity index (χ4n) is 3.45. The van der Waals surface area contributed by atoms with Gasteiger partial charge in [0, 0.05) is 23.5 Å². The van der Waals surface area contributed by atoms with Crippen LogP contribution in [0.3, 0.4) is 0 Å². The topological polar surface area (TPSA) is 84.5 Å². The van der Waals surface area contributed by atoms with E-state index in [9.17, 15) is 18.4 Å². The van der Waals surface area contributed by atoms with E-state index in [4.69, 9.17) is 9.47 Å². The Morgan fingerprint density at radius 3 is 2.31 bits per heavy atom. The van der Waals surface area contributed by atoms with E-state index in [0.29, 0.717) is 24.1 Å². The number of hydrogen-bond donors (Lipinski definition) is 1. The Morgan fingerprint density at radius 2 is 1.77 bits per heavy atom. The van der Waals surface area contributed by atoms with Gasteiger partial charge in [-0.3, -0.25) is 4.79 Å². The Morgan fingerprint density at radius 1 is 1.15 bits per heavy atom. The van der Waals surface area contributed by atoms with Crippen LogP contribution in [0.5, 0.6) is 11.5 Å². The molecule has 0 radical (unpaired) electrons. The first-order valence-electron chi connectivity index (χ1n) is 7.93. The second-order valence-electron chi connectivity index (χ2n) is 6.32. The molecular formula is C17H15F2N3O4.